The summed E-state index contributed by atoms with van der Waals surface area (Å²) in [5.41, 5.74) is 2.55. The molecule has 0 fully saturated rings. The van der Waals surface area contributed by atoms with E-state index in [1.165, 1.54) is 11.8 Å². The number of benzene rings is 2. The molecule has 2 amide bonds. The Labute approximate surface area is 215 Å². The van der Waals surface area contributed by atoms with Gasteiger partial charge in [0.2, 0.25) is 5.91 Å². The number of carbonyl (C=O) groups is 3. The molecule has 1 aromatic heterocycles. The summed E-state index contributed by atoms with van der Waals surface area (Å²) in [7, 11) is 0. The van der Waals surface area contributed by atoms with Gasteiger partial charge >= 0.3 is 5.97 Å². The van der Waals surface area contributed by atoms with Gasteiger partial charge in [0.25, 0.3) is 5.91 Å². The molecule has 2 N–H and O–H groups in total. The van der Waals surface area contributed by atoms with E-state index < -0.39 is 5.97 Å². The molecule has 3 rings (SSSR count). The average molecular weight is 510 g/mol. The maximum absolute atomic E-state index is 12.6. The fourth-order valence-corrected chi connectivity index (χ4v) is 4.21. The number of thioether (sulfide) groups is 1. The second-order valence-corrected chi connectivity index (χ2v) is 9.14. The van der Waals surface area contributed by atoms with E-state index in [0.29, 0.717) is 40.9 Å². The van der Waals surface area contributed by atoms with Crippen LogP contribution in [0.3, 0.4) is 0 Å². The van der Waals surface area contributed by atoms with Crippen molar-refractivity contribution >= 4 is 35.2 Å². The Morgan fingerprint density at radius 2 is 1.81 bits per heavy atom. The van der Waals surface area contributed by atoms with E-state index in [4.69, 9.17) is 4.74 Å². The van der Waals surface area contributed by atoms with Crippen molar-refractivity contribution in [2.45, 2.75) is 51.9 Å². The van der Waals surface area contributed by atoms with Crippen LogP contribution >= 0.6 is 11.8 Å². The molecule has 190 valence electrons. The summed E-state index contributed by atoms with van der Waals surface area (Å²) in [5, 5.41) is 14.8. The van der Waals surface area contributed by atoms with Crippen LogP contribution in [0.1, 0.15) is 65.3 Å². The predicted octanol–water partition coefficient (Wildman–Crippen LogP) is 4.40. The van der Waals surface area contributed by atoms with Gasteiger partial charge in [0.05, 0.1) is 24.0 Å². The van der Waals surface area contributed by atoms with Gasteiger partial charge in [-0.05, 0) is 57.5 Å². The molecule has 36 heavy (non-hydrogen) atoms. The monoisotopic (exact) mass is 509 g/mol. The molecule has 0 saturated heterocycles. The Hall–Kier alpha value is -3.66. The Morgan fingerprint density at radius 1 is 1.06 bits per heavy atom. The van der Waals surface area contributed by atoms with E-state index in [0.717, 1.165) is 12.0 Å². The Kier molecular flexibility index (Phi) is 9.63. The van der Waals surface area contributed by atoms with E-state index in [1.807, 2.05) is 44.4 Å². The van der Waals surface area contributed by atoms with Crippen LogP contribution in [0.25, 0.3) is 0 Å². The van der Waals surface area contributed by atoms with Crippen LogP contribution in [0.2, 0.25) is 0 Å². The summed E-state index contributed by atoms with van der Waals surface area (Å²) in [6, 6.07) is 13.6. The Bertz CT molecular complexity index is 1210. The zero-order valence-electron chi connectivity index (χ0n) is 20.9. The van der Waals surface area contributed by atoms with Gasteiger partial charge in [0, 0.05) is 17.8 Å². The number of anilines is 1. The predicted molar refractivity (Wildman–Crippen MR) is 139 cm³/mol. The van der Waals surface area contributed by atoms with E-state index in [9.17, 15) is 14.4 Å². The van der Waals surface area contributed by atoms with Crippen LogP contribution in [-0.2, 0) is 16.1 Å². The third kappa shape index (κ3) is 7.17. The minimum Gasteiger partial charge on any atom is -0.462 e. The number of rotatable bonds is 11. The Morgan fingerprint density at radius 3 is 2.50 bits per heavy atom. The number of nitrogens with one attached hydrogen (secondary N) is 2. The Balaban J connectivity index is 1.59. The van der Waals surface area contributed by atoms with Crippen molar-refractivity contribution in [2.24, 2.45) is 0 Å². The first kappa shape index (κ1) is 26.9. The number of amides is 2. The summed E-state index contributed by atoms with van der Waals surface area (Å²) in [6.07, 6.45) is 0.737. The lowest BCUT2D eigenvalue weighted by molar-refractivity contribution is -0.113. The van der Waals surface area contributed by atoms with Gasteiger partial charge in [-0.1, -0.05) is 42.4 Å². The number of aryl methyl sites for hydroxylation is 1. The lowest BCUT2D eigenvalue weighted by Crippen LogP contribution is -2.28. The summed E-state index contributed by atoms with van der Waals surface area (Å²) in [5.74, 6) is -0.143. The van der Waals surface area contributed by atoms with Crippen molar-refractivity contribution in [3.63, 3.8) is 0 Å². The van der Waals surface area contributed by atoms with Crippen molar-refractivity contribution in [2.75, 3.05) is 17.7 Å². The van der Waals surface area contributed by atoms with Crippen molar-refractivity contribution in [1.82, 2.24) is 20.1 Å². The van der Waals surface area contributed by atoms with Gasteiger partial charge in [-0.3, -0.25) is 9.59 Å². The van der Waals surface area contributed by atoms with E-state index in [1.54, 1.807) is 36.4 Å². The number of aromatic nitrogens is 3. The van der Waals surface area contributed by atoms with Gasteiger partial charge in [0.15, 0.2) is 11.0 Å². The van der Waals surface area contributed by atoms with Crippen molar-refractivity contribution in [1.29, 1.82) is 0 Å². The molecule has 0 aliphatic heterocycles. The average Bonchev–Trinajstić information content (AvgIpc) is 3.29. The maximum Gasteiger partial charge on any atom is 0.338 e. The van der Waals surface area contributed by atoms with Crippen LogP contribution < -0.4 is 10.6 Å². The quantitative estimate of drug-likeness (QED) is 0.291. The molecular weight excluding hydrogens is 478 g/mol. The molecule has 0 radical (unpaired) electrons. The minimum atomic E-state index is -0.422. The molecule has 0 unspecified atom stereocenters. The van der Waals surface area contributed by atoms with Gasteiger partial charge in [-0.2, -0.15) is 0 Å². The molecule has 10 heteroatoms. The summed E-state index contributed by atoms with van der Waals surface area (Å²) in [4.78, 5) is 37.2. The molecule has 3 aromatic rings. The fourth-order valence-electron chi connectivity index (χ4n) is 3.40. The van der Waals surface area contributed by atoms with Crippen LogP contribution in [0.15, 0.2) is 53.7 Å². The van der Waals surface area contributed by atoms with Crippen LogP contribution in [0.5, 0.6) is 0 Å². The number of ether oxygens (including phenoxy) is 1. The van der Waals surface area contributed by atoms with Gasteiger partial charge in [-0.25, -0.2) is 4.79 Å². The number of hydrogen-bond donors (Lipinski definition) is 2. The third-order valence-electron chi connectivity index (χ3n) is 5.26. The van der Waals surface area contributed by atoms with E-state index in [-0.39, 0.29) is 23.6 Å². The van der Waals surface area contributed by atoms with Crippen LogP contribution in [-0.4, -0.2) is 44.9 Å². The molecular formula is C26H31N5O4S. The van der Waals surface area contributed by atoms with Crippen LogP contribution in [0.4, 0.5) is 5.69 Å². The minimum absolute atomic E-state index is 0.104. The first-order chi connectivity index (χ1) is 17.3. The van der Waals surface area contributed by atoms with Crippen molar-refractivity contribution in [3.8, 4) is 0 Å². The maximum atomic E-state index is 12.6. The van der Waals surface area contributed by atoms with E-state index >= 15 is 0 Å². The van der Waals surface area contributed by atoms with Crippen molar-refractivity contribution in [3.05, 3.63) is 71.0 Å². The number of nitrogens with zero attached hydrogens (tertiary/aromatic N) is 3. The molecule has 0 saturated carbocycles. The third-order valence-corrected chi connectivity index (χ3v) is 6.23. The molecule has 1 heterocycles. The molecule has 0 spiro atoms. The molecule has 1 atom stereocenters. The summed E-state index contributed by atoms with van der Waals surface area (Å²) >= 11 is 1.25. The SMILES string of the molecule is CCCOC(=O)c1cccc(NC(=O)CSc2nnc([C@H](C)NC(=O)c3ccc(C)cc3)n2CC)c1. The highest BCUT2D eigenvalue weighted by Crippen LogP contribution is 2.21. The molecule has 0 bridgehead atoms. The second-order valence-electron chi connectivity index (χ2n) is 8.20. The molecule has 0 aliphatic carbocycles. The topological polar surface area (TPSA) is 115 Å². The largest absolute Gasteiger partial charge is 0.462 e. The van der Waals surface area contributed by atoms with Gasteiger partial charge in [0.1, 0.15) is 0 Å². The smallest absolute Gasteiger partial charge is 0.338 e. The zero-order chi connectivity index (χ0) is 26.1. The van der Waals surface area contributed by atoms with Gasteiger partial charge in [-0.15, -0.1) is 10.2 Å². The van der Waals surface area contributed by atoms with Crippen molar-refractivity contribution < 1.29 is 19.1 Å². The molecule has 2 aromatic carbocycles. The summed E-state index contributed by atoms with van der Waals surface area (Å²) < 4.78 is 7.02. The number of hydrogen-bond acceptors (Lipinski definition) is 7. The van der Waals surface area contributed by atoms with E-state index in [2.05, 4.69) is 20.8 Å². The number of carbonyl (C=O) groups excluding carboxylic acids is 3. The highest BCUT2D eigenvalue weighted by molar-refractivity contribution is 7.99. The lowest BCUT2D eigenvalue weighted by atomic mass is 10.1. The molecule has 0 aliphatic rings. The zero-order valence-corrected chi connectivity index (χ0v) is 21.7. The molecule has 9 nitrogen and oxygen atoms in total. The first-order valence-electron chi connectivity index (χ1n) is 11.8. The fraction of sp³-hybridized carbons (Fsp3) is 0.346. The van der Waals surface area contributed by atoms with Crippen LogP contribution in [0, 0.1) is 6.92 Å². The van der Waals surface area contributed by atoms with Gasteiger partial charge < -0.3 is 19.9 Å². The first-order valence-corrected chi connectivity index (χ1v) is 12.8. The highest BCUT2D eigenvalue weighted by Gasteiger charge is 2.20. The normalized spacial score (nSPS) is 11.6. The standard InChI is InChI=1S/C26H31N5O4S/c1-5-14-35-25(34)20-8-7-9-21(15-20)28-22(32)16-36-26-30-29-23(31(26)6-2)18(4)27-24(33)19-12-10-17(3)11-13-19/h7-13,15,18H,5-6,14,16H2,1-4H3,(H,27,33)(H,28,32)/t18-/m0/s1. The summed E-state index contributed by atoms with van der Waals surface area (Å²) in [6.45, 7) is 8.62. The second kappa shape index (κ2) is 12.9. The highest BCUT2D eigenvalue weighted by atomic mass is 32.2. The lowest BCUT2D eigenvalue weighted by Gasteiger charge is -2.15. The number of esters is 1.